The van der Waals surface area contributed by atoms with E-state index in [1.54, 1.807) is 32.0 Å². The van der Waals surface area contributed by atoms with Crippen molar-refractivity contribution in [2.45, 2.75) is 39.5 Å². The Labute approximate surface area is 226 Å². The van der Waals surface area contributed by atoms with Crippen molar-refractivity contribution in [1.29, 1.82) is 0 Å². The zero-order valence-corrected chi connectivity index (χ0v) is 22.6. The lowest BCUT2D eigenvalue weighted by Crippen LogP contribution is -2.29. The number of aryl methyl sites for hydroxylation is 2. The summed E-state index contributed by atoms with van der Waals surface area (Å²) in [5, 5.41) is 10.7. The van der Waals surface area contributed by atoms with Gasteiger partial charge >= 0.3 is 0 Å². The highest BCUT2D eigenvalue weighted by molar-refractivity contribution is 7.21. The minimum atomic E-state index is -0.372. The molecule has 5 nitrogen and oxygen atoms in total. The maximum atomic E-state index is 13.9. The van der Waals surface area contributed by atoms with Crippen LogP contribution in [0.3, 0.4) is 0 Å². The van der Waals surface area contributed by atoms with Crippen molar-refractivity contribution in [3.8, 4) is 23.0 Å². The molecule has 38 heavy (non-hydrogen) atoms. The van der Waals surface area contributed by atoms with Crippen molar-refractivity contribution in [1.82, 2.24) is 4.90 Å². The molecule has 0 atom stereocenters. The van der Waals surface area contributed by atoms with Gasteiger partial charge in [0.05, 0.1) is 0 Å². The van der Waals surface area contributed by atoms with Gasteiger partial charge in [-0.2, -0.15) is 0 Å². The molecule has 1 aliphatic heterocycles. The van der Waals surface area contributed by atoms with E-state index in [0.29, 0.717) is 39.7 Å². The van der Waals surface area contributed by atoms with Crippen molar-refractivity contribution in [2.24, 2.45) is 0 Å². The molecular formula is C31H32FNO4S. The second-order valence-electron chi connectivity index (χ2n) is 9.86. The third-order valence-electron chi connectivity index (χ3n) is 6.98. The van der Waals surface area contributed by atoms with Gasteiger partial charge in [-0.15, -0.1) is 11.3 Å². The molecule has 7 heteroatoms. The van der Waals surface area contributed by atoms with Gasteiger partial charge in [-0.3, -0.25) is 9.69 Å². The number of benzene rings is 3. The van der Waals surface area contributed by atoms with Crippen LogP contribution in [-0.2, 0) is 0 Å². The van der Waals surface area contributed by atoms with Crippen LogP contribution in [0.15, 0.2) is 54.6 Å². The molecule has 1 N–H and O–H groups in total. The Hall–Kier alpha value is -3.42. The smallest absolute Gasteiger partial charge is 0.207 e. The van der Waals surface area contributed by atoms with Crippen LogP contribution in [0.25, 0.3) is 10.1 Å². The van der Waals surface area contributed by atoms with E-state index < -0.39 is 0 Å². The Bertz CT molecular complexity index is 1420. The fourth-order valence-electron chi connectivity index (χ4n) is 5.07. The van der Waals surface area contributed by atoms with Crippen LogP contribution in [0, 0.1) is 19.7 Å². The monoisotopic (exact) mass is 533 g/mol. The minimum absolute atomic E-state index is 0.111. The quantitative estimate of drug-likeness (QED) is 0.236. The number of fused-ring (bicyclic) bond motifs is 1. The van der Waals surface area contributed by atoms with E-state index in [4.69, 9.17) is 9.47 Å². The lowest BCUT2D eigenvalue weighted by molar-refractivity contribution is 0.103. The molecule has 0 aliphatic carbocycles. The lowest BCUT2D eigenvalue weighted by Gasteiger charge is -2.19. The number of phenolic OH excluding ortho intramolecular Hbond substituents is 1. The summed E-state index contributed by atoms with van der Waals surface area (Å²) in [5.74, 6) is 1.26. The highest BCUT2D eigenvalue weighted by Gasteiger charge is 2.25. The predicted octanol–water partition coefficient (Wildman–Crippen LogP) is 7.64. The van der Waals surface area contributed by atoms with Crippen LogP contribution in [0.1, 0.15) is 52.0 Å². The van der Waals surface area contributed by atoms with E-state index in [1.165, 1.54) is 49.2 Å². The first-order valence-electron chi connectivity index (χ1n) is 13.1. The highest BCUT2D eigenvalue weighted by Crippen LogP contribution is 2.43. The van der Waals surface area contributed by atoms with Crippen molar-refractivity contribution < 1.29 is 23.8 Å². The van der Waals surface area contributed by atoms with Crippen LogP contribution in [0.2, 0.25) is 0 Å². The normalized spacial score (nSPS) is 14.4. The number of carbonyl (C=O) groups excluding carboxylic acids is 1. The van der Waals surface area contributed by atoms with Gasteiger partial charge in [-0.05, 0) is 106 Å². The van der Waals surface area contributed by atoms with E-state index in [2.05, 4.69) is 4.90 Å². The van der Waals surface area contributed by atoms with Crippen LogP contribution in [0.4, 0.5) is 4.39 Å². The molecule has 1 aromatic heterocycles. The standard InChI is InChI=1S/C31H32FNO4S/c1-20-17-22(32)18-21(2)28(20)29(35)31-30(26-12-7-23(34)19-27(26)38-31)37-25-10-8-24(9-11-25)36-16-15-33-13-5-3-4-6-14-33/h7-12,17-19,34H,3-6,13-16H2,1-2H3. The molecule has 0 spiro atoms. The van der Waals surface area contributed by atoms with Gasteiger partial charge in [0, 0.05) is 22.2 Å². The number of phenols is 1. The van der Waals surface area contributed by atoms with Gasteiger partial charge in [-0.1, -0.05) is 12.8 Å². The Morgan fingerprint density at radius 3 is 2.29 bits per heavy atom. The van der Waals surface area contributed by atoms with Gasteiger partial charge < -0.3 is 14.6 Å². The maximum absolute atomic E-state index is 13.9. The molecule has 3 aromatic carbocycles. The average molecular weight is 534 g/mol. The molecule has 0 radical (unpaired) electrons. The topological polar surface area (TPSA) is 59.0 Å². The number of rotatable bonds is 8. The first-order valence-corrected chi connectivity index (χ1v) is 13.9. The van der Waals surface area contributed by atoms with Gasteiger partial charge in [-0.25, -0.2) is 4.39 Å². The molecule has 4 aromatic rings. The second kappa shape index (κ2) is 11.5. The minimum Gasteiger partial charge on any atom is -0.508 e. The van der Waals surface area contributed by atoms with E-state index >= 15 is 0 Å². The Balaban J connectivity index is 1.37. The molecule has 0 amide bonds. The predicted molar refractivity (Wildman–Crippen MR) is 150 cm³/mol. The molecule has 0 bridgehead atoms. The van der Waals surface area contributed by atoms with E-state index in [9.17, 15) is 14.3 Å². The SMILES string of the molecule is Cc1cc(F)cc(C)c1C(=O)c1sc2cc(O)ccc2c1Oc1ccc(OCCN2CCCCCC2)cc1. The van der Waals surface area contributed by atoms with Crippen LogP contribution >= 0.6 is 11.3 Å². The third-order valence-corrected chi connectivity index (χ3v) is 8.11. The van der Waals surface area contributed by atoms with E-state index in [0.717, 1.165) is 35.5 Å². The fraction of sp³-hybridized carbons (Fsp3) is 0.323. The second-order valence-corrected chi connectivity index (χ2v) is 10.9. The lowest BCUT2D eigenvalue weighted by atomic mass is 9.97. The Morgan fingerprint density at radius 1 is 0.947 bits per heavy atom. The Morgan fingerprint density at radius 2 is 1.61 bits per heavy atom. The van der Waals surface area contributed by atoms with Crippen molar-refractivity contribution in [3.05, 3.63) is 82.0 Å². The summed E-state index contributed by atoms with van der Waals surface area (Å²) < 4.78 is 26.9. The summed E-state index contributed by atoms with van der Waals surface area (Å²) >= 11 is 1.25. The maximum Gasteiger partial charge on any atom is 0.207 e. The number of ether oxygens (including phenoxy) is 2. The summed E-state index contributed by atoms with van der Waals surface area (Å²) in [4.78, 5) is 16.6. The molecular weight excluding hydrogens is 501 g/mol. The van der Waals surface area contributed by atoms with Crippen molar-refractivity contribution in [3.63, 3.8) is 0 Å². The molecule has 0 saturated carbocycles. The summed E-state index contributed by atoms with van der Waals surface area (Å²) in [7, 11) is 0. The number of ketones is 1. The number of halogens is 1. The van der Waals surface area contributed by atoms with Crippen molar-refractivity contribution in [2.75, 3.05) is 26.2 Å². The van der Waals surface area contributed by atoms with E-state index in [1.807, 2.05) is 24.3 Å². The molecule has 198 valence electrons. The van der Waals surface area contributed by atoms with Crippen molar-refractivity contribution >= 4 is 27.2 Å². The zero-order chi connectivity index (χ0) is 26.6. The number of hydrogen-bond donors (Lipinski definition) is 1. The first kappa shape index (κ1) is 26.2. The van der Waals surface area contributed by atoms with Gasteiger partial charge in [0.2, 0.25) is 5.78 Å². The van der Waals surface area contributed by atoms with E-state index in [-0.39, 0.29) is 17.3 Å². The van der Waals surface area contributed by atoms with Gasteiger partial charge in [0.25, 0.3) is 0 Å². The number of nitrogens with zero attached hydrogens (tertiary/aromatic N) is 1. The number of thiophene rings is 1. The van der Waals surface area contributed by atoms with Gasteiger partial charge in [0.15, 0.2) is 5.75 Å². The number of aromatic hydroxyl groups is 1. The molecule has 0 unspecified atom stereocenters. The zero-order valence-electron chi connectivity index (χ0n) is 21.8. The largest absolute Gasteiger partial charge is 0.508 e. The molecule has 1 aliphatic rings. The summed E-state index contributed by atoms with van der Waals surface area (Å²) in [6.45, 7) is 7.29. The average Bonchev–Trinajstić information content (AvgIpc) is 3.03. The van der Waals surface area contributed by atoms with Crippen LogP contribution < -0.4 is 9.47 Å². The molecule has 1 saturated heterocycles. The molecule has 5 rings (SSSR count). The number of likely N-dealkylation sites (tertiary alicyclic amines) is 1. The number of hydrogen-bond acceptors (Lipinski definition) is 6. The summed E-state index contributed by atoms with van der Waals surface area (Å²) in [6.07, 6.45) is 5.15. The van der Waals surface area contributed by atoms with Gasteiger partial charge in [0.1, 0.15) is 34.5 Å². The fourth-order valence-corrected chi connectivity index (χ4v) is 6.18. The van der Waals surface area contributed by atoms with Crippen LogP contribution in [0.5, 0.6) is 23.0 Å². The highest BCUT2D eigenvalue weighted by atomic mass is 32.1. The molecule has 1 fully saturated rings. The first-order chi connectivity index (χ1) is 18.4. The van der Waals surface area contributed by atoms with Crippen LogP contribution in [-0.4, -0.2) is 42.0 Å². The summed E-state index contributed by atoms with van der Waals surface area (Å²) in [6, 6.07) is 15.1. The Kier molecular flexibility index (Phi) is 7.95. The molecule has 2 heterocycles. The summed E-state index contributed by atoms with van der Waals surface area (Å²) in [5.41, 5.74) is 1.60. The number of carbonyl (C=O) groups is 1. The third kappa shape index (κ3) is 5.84.